The summed E-state index contributed by atoms with van der Waals surface area (Å²) >= 11 is 2.58. The van der Waals surface area contributed by atoms with Gasteiger partial charge in [-0.3, -0.25) is 9.59 Å². The molecule has 4 N–H and O–H groups in total. The maximum Gasteiger partial charge on any atom is 0.327 e. The molecule has 0 aromatic heterocycles. The van der Waals surface area contributed by atoms with E-state index in [2.05, 4.69) is 0 Å². The summed E-state index contributed by atoms with van der Waals surface area (Å²) < 4.78 is 0. The minimum Gasteiger partial charge on any atom is -0.508 e. The number of carbonyl (C=O) groups excluding carboxylic acids is 2. The van der Waals surface area contributed by atoms with Crippen molar-refractivity contribution in [3.8, 4) is 11.5 Å². The second-order valence-corrected chi connectivity index (χ2v) is 11.0. The van der Waals surface area contributed by atoms with Crippen LogP contribution in [-0.2, 0) is 19.2 Å². The lowest BCUT2D eigenvalue weighted by molar-refractivity contribution is -0.150. The smallest absolute Gasteiger partial charge is 0.327 e. The van der Waals surface area contributed by atoms with E-state index in [-0.39, 0.29) is 42.3 Å². The number of nitrogens with zero attached hydrogens (tertiary/aromatic N) is 2. The van der Waals surface area contributed by atoms with Crippen LogP contribution in [0, 0.1) is 0 Å². The first-order valence-corrected chi connectivity index (χ1v) is 13.7. The first kappa shape index (κ1) is 26.7. The summed E-state index contributed by atoms with van der Waals surface area (Å²) in [7, 11) is 0. The molecule has 196 valence electrons. The van der Waals surface area contributed by atoms with E-state index in [1.807, 2.05) is 0 Å². The molecule has 2 unspecified atom stereocenters. The molecule has 2 amide bonds. The van der Waals surface area contributed by atoms with Gasteiger partial charge in [-0.05, 0) is 41.8 Å². The molecule has 0 spiro atoms. The third-order valence-electron chi connectivity index (χ3n) is 6.24. The van der Waals surface area contributed by atoms with Crippen molar-refractivity contribution in [2.24, 2.45) is 0 Å². The van der Waals surface area contributed by atoms with Gasteiger partial charge in [0.1, 0.15) is 34.3 Å². The van der Waals surface area contributed by atoms with Gasteiger partial charge in [0.05, 0.1) is 0 Å². The van der Waals surface area contributed by atoms with Crippen LogP contribution < -0.4 is 0 Å². The Hall–Kier alpha value is -3.38. The summed E-state index contributed by atoms with van der Waals surface area (Å²) in [6.07, 6.45) is -0.0833. The maximum absolute atomic E-state index is 13.2. The normalized spacial score (nSPS) is 23.2. The van der Waals surface area contributed by atoms with E-state index < -0.39 is 46.6 Å². The third-order valence-corrected chi connectivity index (χ3v) is 8.89. The molecule has 2 aromatic rings. The third kappa shape index (κ3) is 5.80. The molecule has 2 fully saturated rings. The van der Waals surface area contributed by atoms with E-state index in [0.717, 1.165) is 0 Å². The van der Waals surface area contributed by atoms with Gasteiger partial charge in [0.25, 0.3) is 0 Å². The molecular weight excluding hydrogens is 520 g/mol. The Labute approximate surface area is 221 Å². The molecule has 4 rings (SSSR count). The predicted molar refractivity (Wildman–Crippen MR) is 137 cm³/mol. The van der Waals surface area contributed by atoms with Crippen LogP contribution in [0.25, 0.3) is 0 Å². The van der Waals surface area contributed by atoms with Crippen LogP contribution in [0.15, 0.2) is 48.5 Å². The first-order chi connectivity index (χ1) is 17.7. The predicted octanol–water partition coefficient (Wildman–Crippen LogP) is 3.02. The van der Waals surface area contributed by atoms with Crippen LogP contribution in [0.5, 0.6) is 11.5 Å². The van der Waals surface area contributed by atoms with E-state index in [1.54, 1.807) is 24.3 Å². The van der Waals surface area contributed by atoms with Gasteiger partial charge in [0.2, 0.25) is 11.8 Å². The van der Waals surface area contributed by atoms with Crippen molar-refractivity contribution in [3.63, 3.8) is 0 Å². The number of hydrogen-bond donors (Lipinski definition) is 4. The van der Waals surface area contributed by atoms with E-state index in [4.69, 9.17) is 0 Å². The maximum atomic E-state index is 13.2. The monoisotopic (exact) mass is 546 g/mol. The fraction of sp³-hybridized carbons (Fsp3) is 0.360. The van der Waals surface area contributed by atoms with Gasteiger partial charge in [0, 0.05) is 24.3 Å². The molecule has 4 atom stereocenters. The highest BCUT2D eigenvalue weighted by molar-refractivity contribution is 8.00. The number of phenolic OH excluding ortho intramolecular Hbond substituents is 2. The number of hydrogen-bond acceptors (Lipinski definition) is 8. The number of benzene rings is 2. The number of rotatable bonds is 8. The Kier molecular flexibility index (Phi) is 8.18. The summed E-state index contributed by atoms with van der Waals surface area (Å²) in [5, 5.41) is 37.8. The number of carbonyl (C=O) groups is 4. The number of amides is 2. The number of aromatic hydroxyl groups is 2. The van der Waals surface area contributed by atoms with Gasteiger partial charge in [0.15, 0.2) is 0 Å². The van der Waals surface area contributed by atoms with Crippen molar-refractivity contribution in [2.45, 2.75) is 42.1 Å². The molecule has 0 aliphatic carbocycles. The van der Waals surface area contributed by atoms with Gasteiger partial charge >= 0.3 is 11.9 Å². The Morgan fingerprint density at radius 1 is 0.730 bits per heavy atom. The fourth-order valence-corrected chi connectivity index (χ4v) is 7.39. The molecule has 2 aromatic carbocycles. The number of aliphatic carboxylic acids is 2. The summed E-state index contributed by atoms with van der Waals surface area (Å²) in [4.78, 5) is 52.5. The molecule has 37 heavy (non-hydrogen) atoms. The zero-order valence-electron chi connectivity index (χ0n) is 19.6. The zero-order chi connectivity index (χ0) is 26.7. The van der Waals surface area contributed by atoms with Crippen molar-refractivity contribution in [2.75, 3.05) is 11.5 Å². The summed E-state index contributed by atoms with van der Waals surface area (Å²) in [6.45, 7) is 0. The first-order valence-electron chi connectivity index (χ1n) is 11.6. The Morgan fingerprint density at radius 2 is 1.14 bits per heavy atom. The molecule has 12 heteroatoms. The van der Waals surface area contributed by atoms with Crippen molar-refractivity contribution in [3.05, 3.63) is 59.7 Å². The lowest BCUT2D eigenvalue weighted by atomic mass is 10.1. The standard InChI is InChI=1S/C25H26N2O8S2/c28-16-6-1-4-14(10-16)22-26(18(12-36-22)24(32)33)20(30)8-3-9-21(31)27-19(25(34)35)13-37-23(27)15-5-2-7-17(29)11-15/h1-2,4-7,10-11,18-19,22-23,28-29H,3,8-9,12-13H2,(H,32,33)(H,34,35)/t18-,19-,22?,23?/m0/s1. The Morgan fingerprint density at radius 3 is 1.49 bits per heavy atom. The zero-order valence-corrected chi connectivity index (χ0v) is 21.2. The summed E-state index contributed by atoms with van der Waals surface area (Å²) in [5.41, 5.74) is 1.20. The van der Waals surface area contributed by atoms with Crippen molar-refractivity contribution in [1.82, 2.24) is 9.80 Å². The Balaban J connectivity index is 1.45. The van der Waals surface area contributed by atoms with Crippen molar-refractivity contribution < 1.29 is 39.6 Å². The average Bonchev–Trinajstić information content (AvgIpc) is 3.49. The van der Waals surface area contributed by atoms with E-state index in [9.17, 15) is 39.6 Å². The van der Waals surface area contributed by atoms with E-state index in [1.165, 1.54) is 57.6 Å². The average molecular weight is 547 g/mol. The van der Waals surface area contributed by atoms with Gasteiger partial charge in [-0.2, -0.15) is 0 Å². The van der Waals surface area contributed by atoms with Crippen LogP contribution in [0.4, 0.5) is 0 Å². The minimum absolute atomic E-state index is 0.00706. The van der Waals surface area contributed by atoms with Crippen LogP contribution in [-0.4, -0.2) is 77.6 Å². The van der Waals surface area contributed by atoms with Gasteiger partial charge in [-0.1, -0.05) is 24.3 Å². The number of carboxylic acids is 2. The highest BCUT2D eigenvalue weighted by Gasteiger charge is 2.44. The molecule has 10 nitrogen and oxygen atoms in total. The second-order valence-electron chi connectivity index (χ2n) is 8.73. The van der Waals surface area contributed by atoms with E-state index >= 15 is 0 Å². The SMILES string of the molecule is O=C(O)[C@@H]1CSC(c2cccc(O)c2)N1C(=O)CCCC(=O)N1C(c2cccc(O)c2)SC[C@H]1C(=O)O. The summed E-state index contributed by atoms with van der Waals surface area (Å²) in [6, 6.07) is 10.5. The Bertz CT molecular complexity index is 1120. The van der Waals surface area contributed by atoms with Gasteiger partial charge in [-0.15, -0.1) is 23.5 Å². The van der Waals surface area contributed by atoms with Gasteiger partial charge < -0.3 is 30.2 Å². The minimum atomic E-state index is -1.13. The van der Waals surface area contributed by atoms with Crippen LogP contribution in [0.1, 0.15) is 41.1 Å². The molecule has 0 saturated carbocycles. The molecular formula is C25H26N2O8S2. The van der Waals surface area contributed by atoms with Crippen molar-refractivity contribution in [1.29, 1.82) is 0 Å². The van der Waals surface area contributed by atoms with Gasteiger partial charge in [-0.25, -0.2) is 9.59 Å². The summed E-state index contributed by atoms with van der Waals surface area (Å²) in [5.74, 6) is -2.74. The fourth-order valence-electron chi connectivity index (χ4n) is 4.52. The number of phenols is 2. The highest BCUT2D eigenvalue weighted by atomic mass is 32.2. The molecule has 0 radical (unpaired) electrons. The number of thioether (sulfide) groups is 2. The van der Waals surface area contributed by atoms with Crippen LogP contribution in [0.2, 0.25) is 0 Å². The second kappa shape index (κ2) is 11.3. The largest absolute Gasteiger partial charge is 0.508 e. The quantitative estimate of drug-likeness (QED) is 0.388. The highest BCUT2D eigenvalue weighted by Crippen LogP contribution is 2.44. The lowest BCUT2D eigenvalue weighted by Gasteiger charge is -2.29. The molecule has 2 saturated heterocycles. The van der Waals surface area contributed by atoms with E-state index in [0.29, 0.717) is 11.1 Å². The van der Waals surface area contributed by atoms with Crippen LogP contribution >= 0.6 is 23.5 Å². The molecule has 2 aliphatic rings. The molecule has 2 heterocycles. The van der Waals surface area contributed by atoms with Crippen molar-refractivity contribution >= 4 is 47.3 Å². The van der Waals surface area contributed by atoms with Crippen LogP contribution in [0.3, 0.4) is 0 Å². The molecule has 0 bridgehead atoms. The lowest BCUT2D eigenvalue weighted by Crippen LogP contribution is -2.44. The topological polar surface area (TPSA) is 156 Å². The molecule has 2 aliphatic heterocycles. The number of carboxylic acid groups (broad SMARTS) is 2.